The predicted octanol–water partition coefficient (Wildman–Crippen LogP) is 3.29. The van der Waals surface area contributed by atoms with Crippen LogP contribution in [0.5, 0.6) is 5.75 Å². The van der Waals surface area contributed by atoms with Crippen molar-refractivity contribution in [2.24, 2.45) is 0 Å². The van der Waals surface area contributed by atoms with Crippen LogP contribution in [0.1, 0.15) is 15.9 Å². The maximum absolute atomic E-state index is 13.9. The van der Waals surface area contributed by atoms with Crippen LogP contribution in [0.4, 0.5) is 4.39 Å². The van der Waals surface area contributed by atoms with Crippen LogP contribution in [0.2, 0.25) is 0 Å². The molecule has 23 heavy (non-hydrogen) atoms. The number of amides is 1. The lowest BCUT2D eigenvalue weighted by atomic mass is 10.1. The van der Waals surface area contributed by atoms with Gasteiger partial charge in [-0.1, -0.05) is 18.2 Å². The van der Waals surface area contributed by atoms with Crippen LogP contribution in [0.3, 0.4) is 0 Å². The molecule has 2 N–H and O–H groups in total. The van der Waals surface area contributed by atoms with E-state index >= 15 is 0 Å². The SMILES string of the molecule is COc1ccc(C(=O)NCCc2c[nH]c3ccccc23)c(F)c1. The minimum Gasteiger partial charge on any atom is -0.497 e. The van der Waals surface area contributed by atoms with Crippen molar-refractivity contribution in [3.63, 3.8) is 0 Å². The molecule has 0 saturated carbocycles. The smallest absolute Gasteiger partial charge is 0.254 e. The molecule has 0 bridgehead atoms. The van der Waals surface area contributed by atoms with Gasteiger partial charge in [-0.25, -0.2) is 4.39 Å². The highest BCUT2D eigenvalue weighted by Gasteiger charge is 2.12. The molecule has 0 fully saturated rings. The van der Waals surface area contributed by atoms with Crippen LogP contribution in [0, 0.1) is 5.82 Å². The summed E-state index contributed by atoms with van der Waals surface area (Å²) >= 11 is 0. The van der Waals surface area contributed by atoms with Crippen LogP contribution in [0.15, 0.2) is 48.7 Å². The Morgan fingerprint density at radius 1 is 1.26 bits per heavy atom. The Morgan fingerprint density at radius 3 is 2.87 bits per heavy atom. The van der Waals surface area contributed by atoms with E-state index in [0.29, 0.717) is 18.7 Å². The Kier molecular flexibility index (Phi) is 4.28. The molecule has 0 spiro atoms. The molecule has 3 rings (SSSR count). The number of carbonyl (C=O) groups excluding carboxylic acids is 1. The molecule has 2 aromatic carbocycles. The Morgan fingerprint density at radius 2 is 2.09 bits per heavy atom. The number of aromatic nitrogens is 1. The number of para-hydroxylation sites is 1. The third-order valence-electron chi connectivity index (χ3n) is 3.78. The number of ether oxygens (including phenoxy) is 1. The standard InChI is InChI=1S/C18H17FN2O2/c1-23-13-6-7-15(16(19)10-13)18(22)20-9-8-12-11-21-17-5-3-2-4-14(12)17/h2-7,10-11,21H,8-9H2,1H3,(H,20,22). The van der Waals surface area contributed by atoms with E-state index in [1.54, 1.807) is 6.07 Å². The van der Waals surface area contributed by atoms with Gasteiger partial charge < -0.3 is 15.0 Å². The normalized spacial score (nSPS) is 10.7. The summed E-state index contributed by atoms with van der Waals surface area (Å²) in [5.74, 6) is -0.628. The van der Waals surface area contributed by atoms with Gasteiger partial charge in [-0.2, -0.15) is 0 Å². The van der Waals surface area contributed by atoms with Gasteiger partial charge in [-0.15, -0.1) is 0 Å². The lowest BCUT2D eigenvalue weighted by Crippen LogP contribution is -2.26. The van der Waals surface area contributed by atoms with Gasteiger partial charge >= 0.3 is 0 Å². The summed E-state index contributed by atoms with van der Waals surface area (Å²) in [6.45, 7) is 0.437. The Bertz CT molecular complexity index is 842. The Hall–Kier alpha value is -2.82. The number of benzene rings is 2. The number of nitrogens with one attached hydrogen (secondary N) is 2. The van der Waals surface area contributed by atoms with E-state index in [-0.39, 0.29) is 5.56 Å². The van der Waals surface area contributed by atoms with E-state index in [2.05, 4.69) is 10.3 Å². The first-order valence-corrected chi connectivity index (χ1v) is 7.36. The van der Waals surface area contributed by atoms with Crippen LogP contribution in [-0.4, -0.2) is 24.5 Å². The zero-order valence-corrected chi connectivity index (χ0v) is 12.7. The highest BCUT2D eigenvalue weighted by Crippen LogP contribution is 2.18. The zero-order valence-electron chi connectivity index (χ0n) is 12.7. The molecule has 3 aromatic rings. The maximum Gasteiger partial charge on any atom is 0.254 e. The Labute approximate surface area is 133 Å². The molecule has 1 heterocycles. The highest BCUT2D eigenvalue weighted by molar-refractivity contribution is 5.94. The fourth-order valence-corrected chi connectivity index (χ4v) is 2.55. The van der Waals surface area contributed by atoms with Gasteiger partial charge in [0.25, 0.3) is 5.91 Å². The summed E-state index contributed by atoms with van der Waals surface area (Å²) in [5, 5.41) is 3.88. The number of aromatic amines is 1. The number of fused-ring (bicyclic) bond motifs is 1. The summed E-state index contributed by atoms with van der Waals surface area (Å²) in [5.41, 5.74) is 2.20. The van der Waals surface area contributed by atoms with Gasteiger partial charge in [-0.3, -0.25) is 4.79 Å². The third-order valence-corrected chi connectivity index (χ3v) is 3.78. The van der Waals surface area contributed by atoms with Gasteiger partial charge in [0, 0.05) is 29.7 Å². The monoisotopic (exact) mass is 312 g/mol. The van der Waals surface area contributed by atoms with E-state index in [9.17, 15) is 9.18 Å². The van der Waals surface area contributed by atoms with Crippen LogP contribution in [-0.2, 0) is 6.42 Å². The third kappa shape index (κ3) is 3.18. The quantitative estimate of drug-likeness (QED) is 0.759. The van der Waals surface area contributed by atoms with Crippen molar-refractivity contribution < 1.29 is 13.9 Å². The largest absolute Gasteiger partial charge is 0.497 e. The van der Waals surface area contributed by atoms with Crippen molar-refractivity contribution >= 4 is 16.8 Å². The maximum atomic E-state index is 13.9. The minimum absolute atomic E-state index is 0.0183. The molecule has 5 heteroatoms. The van der Waals surface area contributed by atoms with E-state index in [1.807, 2.05) is 30.5 Å². The Balaban J connectivity index is 1.63. The highest BCUT2D eigenvalue weighted by atomic mass is 19.1. The fourth-order valence-electron chi connectivity index (χ4n) is 2.55. The van der Waals surface area contributed by atoms with Crippen molar-refractivity contribution in [3.05, 3.63) is 65.6 Å². The molecular formula is C18H17FN2O2. The molecule has 0 atom stereocenters. The topological polar surface area (TPSA) is 54.1 Å². The van der Waals surface area contributed by atoms with E-state index in [0.717, 1.165) is 16.5 Å². The van der Waals surface area contributed by atoms with Gasteiger partial charge in [0.1, 0.15) is 11.6 Å². The van der Waals surface area contributed by atoms with Gasteiger partial charge in [0.05, 0.1) is 12.7 Å². The molecule has 1 aromatic heterocycles. The molecule has 0 aliphatic rings. The first-order chi connectivity index (χ1) is 11.2. The van der Waals surface area contributed by atoms with Crippen LogP contribution < -0.4 is 10.1 Å². The number of H-pyrrole nitrogens is 1. The van der Waals surface area contributed by atoms with Gasteiger partial charge in [-0.05, 0) is 30.2 Å². The number of carbonyl (C=O) groups is 1. The van der Waals surface area contributed by atoms with Crippen molar-refractivity contribution in [3.8, 4) is 5.75 Å². The molecular weight excluding hydrogens is 295 g/mol. The summed E-state index contributed by atoms with van der Waals surface area (Å²) in [7, 11) is 1.45. The lowest BCUT2D eigenvalue weighted by Gasteiger charge is -2.07. The first-order valence-electron chi connectivity index (χ1n) is 7.36. The molecule has 0 aliphatic carbocycles. The van der Waals surface area contributed by atoms with E-state index in [4.69, 9.17) is 4.74 Å². The molecule has 0 aliphatic heterocycles. The number of hydrogen-bond acceptors (Lipinski definition) is 2. The number of halogens is 1. The summed E-state index contributed by atoms with van der Waals surface area (Å²) in [4.78, 5) is 15.3. The average Bonchev–Trinajstić information content (AvgIpc) is 2.98. The number of hydrogen-bond donors (Lipinski definition) is 2. The molecule has 1 amide bonds. The number of methoxy groups -OCH3 is 1. The summed E-state index contributed by atoms with van der Waals surface area (Å²) < 4.78 is 18.8. The lowest BCUT2D eigenvalue weighted by molar-refractivity contribution is 0.0950. The zero-order chi connectivity index (χ0) is 16.2. The van der Waals surface area contributed by atoms with Crippen LogP contribution >= 0.6 is 0 Å². The second kappa shape index (κ2) is 6.52. The average molecular weight is 312 g/mol. The van der Waals surface area contributed by atoms with Crippen molar-refractivity contribution in [1.29, 1.82) is 0 Å². The van der Waals surface area contributed by atoms with Crippen molar-refractivity contribution in [2.75, 3.05) is 13.7 Å². The summed E-state index contributed by atoms with van der Waals surface area (Å²) in [6.07, 6.45) is 2.61. The first kappa shape index (κ1) is 15.1. The van der Waals surface area contributed by atoms with Crippen LogP contribution in [0.25, 0.3) is 10.9 Å². The molecule has 0 saturated heterocycles. The molecule has 118 valence electrons. The second-order valence-electron chi connectivity index (χ2n) is 5.21. The second-order valence-corrected chi connectivity index (χ2v) is 5.21. The molecule has 4 nitrogen and oxygen atoms in total. The fraction of sp³-hybridized carbons (Fsp3) is 0.167. The molecule has 0 unspecified atom stereocenters. The van der Waals surface area contributed by atoms with Gasteiger partial charge in [0.15, 0.2) is 0 Å². The van der Waals surface area contributed by atoms with Crippen molar-refractivity contribution in [1.82, 2.24) is 10.3 Å². The van der Waals surface area contributed by atoms with E-state index < -0.39 is 11.7 Å². The summed E-state index contributed by atoms with van der Waals surface area (Å²) in [6, 6.07) is 12.2. The predicted molar refractivity (Wildman–Crippen MR) is 87.3 cm³/mol. The van der Waals surface area contributed by atoms with Gasteiger partial charge in [0.2, 0.25) is 0 Å². The van der Waals surface area contributed by atoms with E-state index in [1.165, 1.54) is 19.2 Å². The van der Waals surface area contributed by atoms with Crippen molar-refractivity contribution in [2.45, 2.75) is 6.42 Å². The number of rotatable bonds is 5. The minimum atomic E-state index is -0.589. The molecule has 0 radical (unpaired) electrons.